The highest BCUT2D eigenvalue weighted by atomic mass is 16.4. The van der Waals surface area contributed by atoms with Gasteiger partial charge >= 0.3 is 5.97 Å². The van der Waals surface area contributed by atoms with Gasteiger partial charge in [-0.1, -0.05) is 6.92 Å². The molecular formula is C10H19NO2. The first-order chi connectivity index (χ1) is 6.24. The van der Waals surface area contributed by atoms with Crippen LogP contribution in [-0.2, 0) is 4.79 Å². The third kappa shape index (κ3) is 3.35. The summed E-state index contributed by atoms with van der Waals surface area (Å²) < 4.78 is 0. The Balaban J connectivity index is 2.18. The number of aliphatic carboxylic acids is 1. The molecule has 0 saturated heterocycles. The number of hydrogen-bond acceptors (Lipinski definition) is 2. The van der Waals surface area contributed by atoms with Crippen molar-refractivity contribution in [1.82, 2.24) is 5.32 Å². The Hall–Kier alpha value is -0.570. The van der Waals surface area contributed by atoms with E-state index in [4.69, 9.17) is 5.11 Å². The van der Waals surface area contributed by atoms with Crippen molar-refractivity contribution in [3.8, 4) is 0 Å². The van der Waals surface area contributed by atoms with Gasteiger partial charge in [-0.2, -0.15) is 0 Å². The summed E-state index contributed by atoms with van der Waals surface area (Å²) in [6.07, 6.45) is 4.89. The molecule has 0 radical (unpaired) electrons. The van der Waals surface area contributed by atoms with Crippen molar-refractivity contribution in [3.05, 3.63) is 0 Å². The minimum absolute atomic E-state index is 0.0836. The van der Waals surface area contributed by atoms with E-state index in [1.165, 1.54) is 0 Å². The fourth-order valence-electron chi connectivity index (χ4n) is 1.89. The highest BCUT2D eigenvalue weighted by molar-refractivity contribution is 5.70. The molecule has 1 aliphatic carbocycles. The summed E-state index contributed by atoms with van der Waals surface area (Å²) in [4.78, 5) is 10.7. The van der Waals surface area contributed by atoms with Crippen molar-refractivity contribution in [2.24, 2.45) is 5.92 Å². The second-order valence-electron chi connectivity index (χ2n) is 3.84. The minimum Gasteiger partial charge on any atom is -0.481 e. The quantitative estimate of drug-likeness (QED) is 0.700. The van der Waals surface area contributed by atoms with Gasteiger partial charge in [0.25, 0.3) is 0 Å². The number of carbonyl (C=O) groups is 1. The number of carboxylic acids is 1. The summed E-state index contributed by atoms with van der Waals surface area (Å²) in [5.41, 5.74) is 0. The molecule has 0 atom stereocenters. The Bertz CT molecular complexity index is 162. The normalized spacial score (nSPS) is 28.7. The summed E-state index contributed by atoms with van der Waals surface area (Å²) >= 11 is 0. The molecule has 0 heterocycles. The molecule has 1 aliphatic rings. The maximum Gasteiger partial charge on any atom is 0.306 e. The molecule has 0 aliphatic heterocycles. The van der Waals surface area contributed by atoms with Crippen LogP contribution in [0.25, 0.3) is 0 Å². The lowest BCUT2D eigenvalue weighted by atomic mass is 9.86. The van der Waals surface area contributed by atoms with Crippen molar-refractivity contribution >= 4 is 5.97 Å². The lowest BCUT2D eigenvalue weighted by Crippen LogP contribution is -2.35. The Kier molecular flexibility index (Phi) is 4.22. The topological polar surface area (TPSA) is 49.3 Å². The number of nitrogens with one attached hydrogen (secondary N) is 1. The van der Waals surface area contributed by atoms with Gasteiger partial charge in [0, 0.05) is 6.04 Å². The molecule has 0 aromatic heterocycles. The van der Waals surface area contributed by atoms with Gasteiger partial charge in [-0.25, -0.2) is 0 Å². The van der Waals surface area contributed by atoms with Crippen molar-refractivity contribution in [3.63, 3.8) is 0 Å². The zero-order valence-electron chi connectivity index (χ0n) is 8.25. The van der Waals surface area contributed by atoms with Crippen LogP contribution in [0.3, 0.4) is 0 Å². The molecule has 2 N–H and O–H groups in total. The molecule has 0 spiro atoms. The Labute approximate surface area is 79.5 Å². The van der Waals surface area contributed by atoms with Gasteiger partial charge in [-0.3, -0.25) is 4.79 Å². The van der Waals surface area contributed by atoms with Crippen molar-refractivity contribution in [2.75, 3.05) is 6.54 Å². The molecule has 1 rings (SSSR count). The monoisotopic (exact) mass is 185 g/mol. The summed E-state index contributed by atoms with van der Waals surface area (Å²) in [6, 6.07) is 0.565. The minimum atomic E-state index is -0.617. The van der Waals surface area contributed by atoms with Crippen LogP contribution in [0.2, 0.25) is 0 Å². The molecule has 0 aromatic carbocycles. The summed E-state index contributed by atoms with van der Waals surface area (Å²) in [5.74, 6) is -0.700. The Morgan fingerprint density at radius 1 is 1.38 bits per heavy atom. The van der Waals surface area contributed by atoms with E-state index < -0.39 is 5.97 Å². The SMILES string of the molecule is CCCNC1CCC(C(=O)O)CC1. The smallest absolute Gasteiger partial charge is 0.306 e. The third-order valence-corrected chi connectivity index (χ3v) is 2.76. The van der Waals surface area contributed by atoms with E-state index in [0.717, 1.165) is 38.6 Å². The fraction of sp³-hybridized carbons (Fsp3) is 0.900. The van der Waals surface area contributed by atoms with Gasteiger partial charge in [-0.15, -0.1) is 0 Å². The average molecular weight is 185 g/mol. The first kappa shape index (κ1) is 10.5. The predicted octanol–water partition coefficient (Wildman–Crippen LogP) is 1.63. The second-order valence-corrected chi connectivity index (χ2v) is 3.84. The number of carboxylic acid groups (broad SMARTS) is 1. The molecule has 1 saturated carbocycles. The van der Waals surface area contributed by atoms with E-state index in [1.807, 2.05) is 0 Å². The highest BCUT2D eigenvalue weighted by Gasteiger charge is 2.25. The maximum atomic E-state index is 10.7. The Morgan fingerprint density at radius 2 is 2.00 bits per heavy atom. The van der Waals surface area contributed by atoms with Crippen molar-refractivity contribution in [2.45, 2.75) is 45.1 Å². The molecule has 76 valence electrons. The molecular weight excluding hydrogens is 166 g/mol. The van der Waals surface area contributed by atoms with Crippen LogP contribution >= 0.6 is 0 Å². The van der Waals surface area contributed by atoms with Crippen LogP contribution < -0.4 is 5.32 Å². The first-order valence-corrected chi connectivity index (χ1v) is 5.20. The maximum absolute atomic E-state index is 10.7. The van der Waals surface area contributed by atoms with E-state index in [9.17, 15) is 4.79 Å². The molecule has 3 nitrogen and oxygen atoms in total. The molecule has 0 aromatic rings. The van der Waals surface area contributed by atoms with Crippen LogP contribution in [0, 0.1) is 5.92 Å². The largest absolute Gasteiger partial charge is 0.481 e. The van der Waals surface area contributed by atoms with Gasteiger partial charge < -0.3 is 10.4 Å². The van der Waals surface area contributed by atoms with Crippen molar-refractivity contribution in [1.29, 1.82) is 0 Å². The van der Waals surface area contributed by atoms with Crippen molar-refractivity contribution < 1.29 is 9.90 Å². The fourth-order valence-corrected chi connectivity index (χ4v) is 1.89. The van der Waals surface area contributed by atoms with E-state index in [1.54, 1.807) is 0 Å². The van der Waals surface area contributed by atoms with Gasteiger partial charge in [0.2, 0.25) is 0 Å². The van der Waals surface area contributed by atoms with Gasteiger partial charge in [0.05, 0.1) is 5.92 Å². The molecule has 3 heteroatoms. The van der Waals surface area contributed by atoms with Crippen LogP contribution in [0.4, 0.5) is 0 Å². The Morgan fingerprint density at radius 3 is 2.46 bits per heavy atom. The molecule has 0 bridgehead atoms. The average Bonchev–Trinajstić information content (AvgIpc) is 2.15. The molecule has 1 fully saturated rings. The number of hydrogen-bond donors (Lipinski definition) is 2. The second kappa shape index (κ2) is 5.22. The summed E-state index contributed by atoms with van der Waals surface area (Å²) in [5, 5.41) is 12.2. The predicted molar refractivity (Wildman–Crippen MR) is 51.7 cm³/mol. The van der Waals surface area contributed by atoms with E-state index in [2.05, 4.69) is 12.2 Å². The van der Waals surface area contributed by atoms with Crippen LogP contribution in [0.1, 0.15) is 39.0 Å². The summed E-state index contributed by atoms with van der Waals surface area (Å²) in [7, 11) is 0. The zero-order chi connectivity index (χ0) is 9.68. The van der Waals surface area contributed by atoms with Gasteiger partial charge in [0.15, 0.2) is 0 Å². The van der Waals surface area contributed by atoms with Crippen LogP contribution in [0.15, 0.2) is 0 Å². The molecule has 13 heavy (non-hydrogen) atoms. The highest BCUT2D eigenvalue weighted by Crippen LogP contribution is 2.24. The van der Waals surface area contributed by atoms with Crippen LogP contribution in [0.5, 0.6) is 0 Å². The zero-order valence-corrected chi connectivity index (χ0v) is 8.25. The number of rotatable bonds is 4. The standard InChI is InChI=1S/C10H19NO2/c1-2-7-11-9-5-3-8(4-6-9)10(12)13/h8-9,11H,2-7H2,1H3,(H,12,13). The van der Waals surface area contributed by atoms with Gasteiger partial charge in [-0.05, 0) is 38.6 Å². The first-order valence-electron chi connectivity index (χ1n) is 5.20. The summed E-state index contributed by atoms with van der Waals surface area (Å²) in [6.45, 7) is 3.21. The lowest BCUT2D eigenvalue weighted by Gasteiger charge is -2.26. The third-order valence-electron chi connectivity index (χ3n) is 2.76. The van der Waals surface area contributed by atoms with E-state index in [0.29, 0.717) is 6.04 Å². The molecule has 0 unspecified atom stereocenters. The van der Waals surface area contributed by atoms with E-state index >= 15 is 0 Å². The van der Waals surface area contributed by atoms with Crippen LogP contribution in [-0.4, -0.2) is 23.7 Å². The van der Waals surface area contributed by atoms with E-state index in [-0.39, 0.29) is 5.92 Å². The lowest BCUT2D eigenvalue weighted by molar-refractivity contribution is -0.142. The van der Waals surface area contributed by atoms with Gasteiger partial charge in [0.1, 0.15) is 0 Å². The molecule has 0 amide bonds.